The SMILES string of the molecule is CC(C)C(=O)N1CCC(C(=O)O)CC1=O. The Bertz CT molecular complexity index is 298. The van der Waals surface area contributed by atoms with Crippen molar-refractivity contribution in [2.45, 2.75) is 26.7 Å². The Hall–Kier alpha value is -1.39. The Morgan fingerprint density at radius 1 is 1.47 bits per heavy atom. The zero-order valence-corrected chi connectivity index (χ0v) is 8.90. The van der Waals surface area contributed by atoms with Gasteiger partial charge >= 0.3 is 5.97 Å². The lowest BCUT2D eigenvalue weighted by Gasteiger charge is -2.29. The fraction of sp³-hybridized carbons (Fsp3) is 0.700. The summed E-state index contributed by atoms with van der Waals surface area (Å²) in [6.07, 6.45) is 0.299. The van der Waals surface area contributed by atoms with Crippen LogP contribution >= 0.6 is 0 Å². The van der Waals surface area contributed by atoms with Crippen molar-refractivity contribution in [3.05, 3.63) is 0 Å². The van der Waals surface area contributed by atoms with Gasteiger partial charge in [0.2, 0.25) is 11.8 Å². The summed E-state index contributed by atoms with van der Waals surface area (Å²) in [6.45, 7) is 3.67. The molecular formula is C10H15NO4. The molecule has 84 valence electrons. The lowest BCUT2D eigenvalue weighted by Crippen LogP contribution is -2.46. The number of nitrogens with zero attached hydrogens (tertiary/aromatic N) is 1. The fourth-order valence-corrected chi connectivity index (χ4v) is 1.59. The van der Waals surface area contributed by atoms with Crippen LogP contribution in [0.15, 0.2) is 0 Å². The number of imide groups is 1. The molecule has 0 saturated carbocycles. The van der Waals surface area contributed by atoms with Crippen LogP contribution in [0.25, 0.3) is 0 Å². The molecule has 1 fully saturated rings. The molecule has 5 heteroatoms. The van der Waals surface area contributed by atoms with Gasteiger partial charge in [-0.1, -0.05) is 13.8 Å². The molecular weight excluding hydrogens is 198 g/mol. The largest absolute Gasteiger partial charge is 0.481 e. The number of likely N-dealkylation sites (tertiary alicyclic amines) is 1. The van der Waals surface area contributed by atoms with E-state index in [9.17, 15) is 14.4 Å². The number of carbonyl (C=O) groups excluding carboxylic acids is 2. The summed E-state index contributed by atoms with van der Waals surface area (Å²) in [6, 6.07) is 0. The third-order valence-corrected chi connectivity index (χ3v) is 2.53. The van der Waals surface area contributed by atoms with Crippen molar-refractivity contribution in [2.75, 3.05) is 6.54 Å². The van der Waals surface area contributed by atoms with Gasteiger partial charge in [-0.05, 0) is 6.42 Å². The summed E-state index contributed by atoms with van der Waals surface area (Å²) >= 11 is 0. The molecule has 1 unspecified atom stereocenters. The maximum Gasteiger partial charge on any atom is 0.307 e. The Morgan fingerprint density at radius 3 is 2.47 bits per heavy atom. The highest BCUT2D eigenvalue weighted by atomic mass is 16.4. The average molecular weight is 213 g/mol. The van der Waals surface area contributed by atoms with Crippen molar-refractivity contribution in [3.63, 3.8) is 0 Å². The molecule has 15 heavy (non-hydrogen) atoms. The third kappa shape index (κ3) is 2.55. The highest BCUT2D eigenvalue weighted by molar-refractivity contribution is 5.98. The number of amides is 2. The lowest BCUT2D eigenvalue weighted by atomic mass is 9.95. The van der Waals surface area contributed by atoms with Gasteiger partial charge in [0.25, 0.3) is 0 Å². The smallest absolute Gasteiger partial charge is 0.307 e. The van der Waals surface area contributed by atoms with E-state index in [0.29, 0.717) is 6.42 Å². The summed E-state index contributed by atoms with van der Waals surface area (Å²) in [5.41, 5.74) is 0. The van der Waals surface area contributed by atoms with Crippen molar-refractivity contribution < 1.29 is 19.5 Å². The minimum Gasteiger partial charge on any atom is -0.481 e. The molecule has 1 saturated heterocycles. The van der Waals surface area contributed by atoms with E-state index in [4.69, 9.17) is 5.11 Å². The Kier molecular flexibility index (Phi) is 3.44. The van der Waals surface area contributed by atoms with Crippen LogP contribution in [0.2, 0.25) is 0 Å². The molecule has 0 aromatic rings. The van der Waals surface area contributed by atoms with Crippen LogP contribution in [-0.4, -0.2) is 34.3 Å². The lowest BCUT2D eigenvalue weighted by molar-refractivity contribution is -0.156. The van der Waals surface area contributed by atoms with E-state index >= 15 is 0 Å². The molecule has 0 aliphatic carbocycles. The molecule has 0 bridgehead atoms. The second kappa shape index (κ2) is 4.42. The van der Waals surface area contributed by atoms with Crippen LogP contribution in [0.4, 0.5) is 0 Å². The number of rotatable bonds is 2. The summed E-state index contributed by atoms with van der Waals surface area (Å²) < 4.78 is 0. The molecule has 0 spiro atoms. The Labute approximate surface area is 88.1 Å². The van der Waals surface area contributed by atoms with Gasteiger partial charge in [0.05, 0.1) is 5.92 Å². The number of carbonyl (C=O) groups is 3. The second-order valence-corrected chi connectivity index (χ2v) is 4.07. The highest BCUT2D eigenvalue weighted by Crippen LogP contribution is 2.19. The molecule has 1 aliphatic rings. The number of carboxylic acid groups (broad SMARTS) is 1. The first-order chi connectivity index (χ1) is 6.93. The first-order valence-corrected chi connectivity index (χ1v) is 5.00. The number of aliphatic carboxylic acids is 1. The van der Waals surface area contributed by atoms with Gasteiger partial charge in [-0.25, -0.2) is 0 Å². The molecule has 1 rings (SSSR count). The van der Waals surface area contributed by atoms with Crippen LogP contribution < -0.4 is 0 Å². The molecule has 0 aromatic heterocycles. The van der Waals surface area contributed by atoms with Gasteiger partial charge in [-0.2, -0.15) is 0 Å². The highest BCUT2D eigenvalue weighted by Gasteiger charge is 2.33. The minimum absolute atomic E-state index is 0.0617. The third-order valence-electron chi connectivity index (χ3n) is 2.53. The number of carboxylic acids is 1. The maximum atomic E-state index is 11.5. The normalized spacial score (nSPS) is 21.9. The molecule has 1 atom stereocenters. The number of piperidine rings is 1. The van der Waals surface area contributed by atoms with E-state index in [1.807, 2.05) is 0 Å². The molecule has 0 aromatic carbocycles. The number of hydrogen-bond acceptors (Lipinski definition) is 3. The summed E-state index contributed by atoms with van der Waals surface area (Å²) in [4.78, 5) is 34.9. The average Bonchev–Trinajstić information content (AvgIpc) is 2.16. The van der Waals surface area contributed by atoms with Crippen molar-refractivity contribution in [2.24, 2.45) is 11.8 Å². The number of hydrogen-bond donors (Lipinski definition) is 1. The van der Waals surface area contributed by atoms with E-state index in [1.54, 1.807) is 13.8 Å². The predicted molar refractivity (Wildman–Crippen MR) is 51.9 cm³/mol. The topological polar surface area (TPSA) is 74.7 Å². The first-order valence-electron chi connectivity index (χ1n) is 5.00. The van der Waals surface area contributed by atoms with E-state index in [1.165, 1.54) is 4.90 Å². The van der Waals surface area contributed by atoms with Crippen molar-refractivity contribution in [1.82, 2.24) is 4.90 Å². The molecule has 1 heterocycles. The van der Waals surface area contributed by atoms with E-state index in [2.05, 4.69) is 0 Å². The first kappa shape index (κ1) is 11.7. The molecule has 0 radical (unpaired) electrons. The molecule has 1 N–H and O–H groups in total. The van der Waals surface area contributed by atoms with Gasteiger partial charge in [0, 0.05) is 18.9 Å². The minimum atomic E-state index is -0.958. The van der Waals surface area contributed by atoms with E-state index in [0.717, 1.165) is 0 Å². The van der Waals surface area contributed by atoms with Crippen LogP contribution in [-0.2, 0) is 14.4 Å². The van der Waals surface area contributed by atoms with Crippen LogP contribution in [0.5, 0.6) is 0 Å². The monoisotopic (exact) mass is 213 g/mol. The quantitative estimate of drug-likeness (QED) is 0.724. The van der Waals surface area contributed by atoms with Gasteiger partial charge in [0.15, 0.2) is 0 Å². The summed E-state index contributed by atoms with van der Waals surface area (Å²) in [5, 5.41) is 8.73. The van der Waals surface area contributed by atoms with Gasteiger partial charge in [-0.15, -0.1) is 0 Å². The molecule has 1 aliphatic heterocycles. The summed E-state index contributed by atoms with van der Waals surface area (Å²) in [7, 11) is 0. The maximum absolute atomic E-state index is 11.5. The van der Waals surface area contributed by atoms with Crippen LogP contribution in [0.1, 0.15) is 26.7 Å². The fourth-order valence-electron chi connectivity index (χ4n) is 1.59. The molecule has 2 amide bonds. The van der Waals surface area contributed by atoms with E-state index < -0.39 is 11.9 Å². The second-order valence-electron chi connectivity index (χ2n) is 4.07. The van der Waals surface area contributed by atoms with Crippen LogP contribution in [0, 0.1) is 11.8 Å². The van der Waals surface area contributed by atoms with Crippen molar-refractivity contribution in [3.8, 4) is 0 Å². The van der Waals surface area contributed by atoms with Gasteiger partial charge in [-0.3, -0.25) is 19.3 Å². The van der Waals surface area contributed by atoms with Crippen molar-refractivity contribution >= 4 is 17.8 Å². The van der Waals surface area contributed by atoms with Gasteiger partial charge in [0.1, 0.15) is 0 Å². The van der Waals surface area contributed by atoms with Gasteiger partial charge < -0.3 is 5.11 Å². The zero-order chi connectivity index (χ0) is 11.6. The summed E-state index contributed by atoms with van der Waals surface area (Å²) in [5.74, 6) is -2.40. The standard InChI is InChI=1S/C10H15NO4/c1-6(2)9(13)11-4-3-7(10(14)15)5-8(11)12/h6-7H,3-5H2,1-2H3,(H,14,15). The van der Waals surface area contributed by atoms with E-state index in [-0.39, 0.29) is 30.7 Å². The van der Waals surface area contributed by atoms with Crippen molar-refractivity contribution in [1.29, 1.82) is 0 Å². The predicted octanol–water partition coefficient (Wildman–Crippen LogP) is 0.492. The molecule has 5 nitrogen and oxygen atoms in total. The Balaban J connectivity index is 2.64. The van der Waals surface area contributed by atoms with Crippen LogP contribution in [0.3, 0.4) is 0 Å². The zero-order valence-electron chi connectivity index (χ0n) is 8.90. The Morgan fingerprint density at radius 2 is 2.07 bits per heavy atom.